The van der Waals surface area contributed by atoms with Gasteiger partial charge in [-0.15, -0.1) is 0 Å². The normalized spacial score (nSPS) is 27.4. The van der Waals surface area contributed by atoms with Crippen LogP contribution in [0, 0.1) is 0 Å². The van der Waals surface area contributed by atoms with Crippen molar-refractivity contribution in [3.63, 3.8) is 0 Å². The van der Waals surface area contributed by atoms with E-state index < -0.39 is 85.5 Å². The van der Waals surface area contributed by atoms with Gasteiger partial charge < -0.3 is 72.9 Å². The van der Waals surface area contributed by atoms with E-state index in [-0.39, 0.29) is 32.8 Å². The maximum atomic E-state index is 13.8. The zero-order valence-corrected chi connectivity index (χ0v) is 34.9. The third-order valence-corrected chi connectivity index (χ3v) is 9.65. The Balaban J connectivity index is 1.37. The minimum absolute atomic E-state index is 0.0783. The van der Waals surface area contributed by atoms with Crippen LogP contribution in [0.25, 0.3) is 0 Å². The Labute approximate surface area is 340 Å². The van der Waals surface area contributed by atoms with Crippen molar-refractivity contribution in [2.45, 2.75) is 121 Å². The second-order valence-corrected chi connectivity index (χ2v) is 15.1. The number of hydrogen-bond donors (Lipinski definition) is 4. The molecule has 58 heavy (non-hydrogen) atoms. The van der Waals surface area contributed by atoms with E-state index >= 15 is 0 Å². The number of likely N-dealkylation sites (N-methyl/N-ethyl adjacent to an activating group) is 1. The van der Waals surface area contributed by atoms with Gasteiger partial charge in [-0.2, -0.15) is 0 Å². The lowest BCUT2D eigenvalue weighted by Gasteiger charge is -2.43. The Morgan fingerprint density at radius 2 is 1.36 bits per heavy atom. The average molecular weight is 823 g/mol. The van der Waals surface area contributed by atoms with Crippen LogP contribution < -0.4 is 14.4 Å². The van der Waals surface area contributed by atoms with Crippen LogP contribution in [-0.2, 0) is 55.8 Å². The number of aliphatic hydroxyl groups is 4. The van der Waals surface area contributed by atoms with Gasteiger partial charge in [-0.3, -0.25) is 4.79 Å². The van der Waals surface area contributed by atoms with Crippen LogP contribution in [-0.4, -0.2) is 166 Å². The lowest BCUT2D eigenvalue weighted by molar-refractivity contribution is -0.310. The van der Waals surface area contributed by atoms with E-state index in [9.17, 15) is 30.0 Å². The summed E-state index contributed by atoms with van der Waals surface area (Å²) in [5.41, 5.74) is 2.54. The van der Waals surface area contributed by atoms with Crippen molar-refractivity contribution < 1.29 is 72.6 Å². The van der Waals surface area contributed by atoms with Crippen LogP contribution >= 0.6 is 0 Å². The van der Waals surface area contributed by atoms with Gasteiger partial charge in [0.2, 0.25) is 0 Å². The van der Waals surface area contributed by atoms with E-state index in [4.69, 9.17) is 42.6 Å². The summed E-state index contributed by atoms with van der Waals surface area (Å²) in [4.78, 5) is 30.6. The molecule has 0 radical (unpaired) electrons. The molecule has 2 aromatic carbocycles. The molecule has 4 N–H and O–H groups in total. The third-order valence-electron chi connectivity index (χ3n) is 9.65. The number of esters is 1. The van der Waals surface area contributed by atoms with Crippen LogP contribution in [0.2, 0.25) is 0 Å². The van der Waals surface area contributed by atoms with Gasteiger partial charge in [0.25, 0.3) is 5.91 Å². The lowest BCUT2D eigenvalue weighted by atomic mass is 9.97. The fourth-order valence-electron chi connectivity index (χ4n) is 6.53. The maximum absolute atomic E-state index is 13.8. The number of benzene rings is 2. The standard InChI is InChI=1S/C41H62N2O15/c1-23(2)55-35-31(45)32(46)40(57-36(35)38(48)43(7)17-16-25-14-15-28(50-8)29(21-25)51-9)53-19-11-18-52-34-30(44)33(47)41(56-24(3)4)58-37(34)39(49)54-22-26-12-10-13-27(20-26)42(5)6/h10,12-15,20-21,23-24,30-37,40-41,44-47H,11,16-19,22H2,1-9H3/t30-,31-,32+,33+,34+,35+,36?,37?,40-,41-/m1/s1. The van der Waals surface area contributed by atoms with Gasteiger partial charge in [0.05, 0.1) is 33.0 Å². The summed E-state index contributed by atoms with van der Waals surface area (Å²) < 4.78 is 51.3. The minimum Gasteiger partial charge on any atom is -0.493 e. The number of methoxy groups -OCH3 is 2. The minimum atomic E-state index is -1.58. The molecule has 0 aromatic heterocycles. The monoisotopic (exact) mass is 822 g/mol. The van der Waals surface area contributed by atoms with Crippen molar-refractivity contribution in [2.75, 3.05) is 60.0 Å². The molecular formula is C41H62N2O15. The highest BCUT2D eigenvalue weighted by Crippen LogP contribution is 2.30. The zero-order valence-electron chi connectivity index (χ0n) is 34.9. The van der Waals surface area contributed by atoms with E-state index in [0.29, 0.717) is 17.9 Å². The second kappa shape index (κ2) is 22.1. The lowest BCUT2D eigenvalue weighted by Crippen LogP contribution is -2.63. The van der Waals surface area contributed by atoms with Crippen molar-refractivity contribution in [3.8, 4) is 11.5 Å². The number of carbonyl (C=O) groups excluding carboxylic acids is 2. The topological polar surface area (TPSA) is 205 Å². The third kappa shape index (κ3) is 12.5. The molecule has 2 aromatic rings. The number of amides is 1. The van der Waals surface area contributed by atoms with Gasteiger partial charge in [0.15, 0.2) is 36.3 Å². The van der Waals surface area contributed by atoms with Crippen LogP contribution in [0.4, 0.5) is 5.69 Å². The molecule has 2 unspecified atom stereocenters. The molecule has 326 valence electrons. The van der Waals surface area contributed by atoms with Crippen LogP contribution in [0.15, 0.2) is 42.5 Å². The Kier molecular flexibility index (Phi) is 17.9. The number of anilines is 1. The van der Waals surface area contributed by atoms with Gasteiger partial charge in [-0.05, 0) is 75.9 Å². The number of nitrogens with zero attached hydrogens (tertiary/aromatic N) is 2. The SMILES string of the molecule is COc1ccc(CCN(C)C(=O)C2O[C@@H](OCCCO[C@@H]3C(C(=O)OCc4cccc(N(C)C)c4)O[C@@H](OC(C)C)[C@@H](O)[C@H]3O)[C@@H](O)[C@@H](O)[C@@H]2OC(C)C)cc1OC. The highest BCUT2D eigenvalue weighted by Gasteiger charge is 2.51. The number of hydrogen-bond acceptors (Lipinski definition) is 16. The summed E-state index contributed by atoms with van der Waals surface area (Å²) in [6.45, 7) is 6.93. The van der Waals surface area contributed by atoms with Gasteiger partial charge in [0, 0.05) is 40.0 Å². The molecule has 17 heteroatoms. The molecule has 2 fully saturated rings. The Morgan fingerprint density at radius 3 is 2.02 bits per heavy atom. The molecule has 2 aliphatic rings. The van der Waals surface area contributed by atoms with Crippen molar-refractivity contribution in [1.82, 2.24) is 4.90 Å². The van der Waals surface area contributed by atoms with Gasteiger partial charge >= 0.3 is 5.97 Å². The van der Waals surface area contributed by atoms with Crippen LogP contribution in [0.3, 0.4) is 0 Å². The molecule has 2 heterocycles. The van der Waals surface area contributed by atoms with E-state index in [0.717, 1.165) is 16.8 Å². The van der Waals surface area contributed by atoms with Crippen molar-refractivity contribution in [2.24, 2.45) is 0 Å². The highest BCUT2D eigenvalue weighted by atomic mass is 16.7. The predicted octanol–water partition coefficient (Wildman–Crippen LogP) is 1.42. The first-order chi connectivity index (χ1) is 27.6. The van der Waals surface area contributed by atoms with E-state index in [1.54, 1.807) is 61.1 Å². The molecule has 2 saturated heterocycles. The first kappa shape index (κ1) is 47.1. The summed E-state index contributed by atoms with van der Waals surface area (Å²) in [5.74, 6) is -0.169. The molecule has 0 aliphatic carbocycles. The molecule has 0 spiro atoms. The maximum Gasteiger partial charge on any atom is 0.338 e. The van der Waals surface area contributed by atoms with Gasteiger partial charge in [0.1, 0.15) is 43.2 Å². The molecule has 4 rings (SSSR count). The van der Waals surface area contributed by atoms with Gasteiger partial charge in [-0.1, -0.05) is 18.2 Å². The zero-order chi connectivity index (χ0) is 42.7. The molecular weight excluding hydrogens is 760 g/mol. The molecule has 1 amide bonds. The fourth-order valence-corrected chi connectivity index (χ4v) is 6.53. The van der Waals surface area contributed by atoms with Crippen molar-refractivity contribution in [1.29, 1.82) is 0 Å². The van der Waals surface area contributed by atoms with Crippen LogP contribution in [0.1, 0.15) is 45.2 Å². The summed E-state index contributed by atoms with van der Waals surface area (Å²) in [6.07, 6.45) is -14.4. The number of carbonyl (C=O) groups is 2. The number of rotatable bonds is 20. The fraction of sp³-hybridized carbons (Fsp3) is 0.659. The molecule has 17 nitrogen and oxygen atoms in total. The first-order valence-electron chi connectivity index (χ1n) is 19.5. The van der Waals surface area contributed by atoms with Crippen molar-refractivity contribution in [3.05, 3.63) is 53.6 Å². The van der Waals surface area contributed by atoms with Gasteiger partial charge in [-0.25, -0.2) is 4.79 Å². The number of ether oxygens (including phenoxy) is 9. The van der Waals surface area contributed by atoms with Crippen molar-refractivity contribution >= 4 is 17.6 Å². The molecule has 2 aliphatic heterocycles. The highest BCUT2D eigenvalue weighted by molar-refractivity contribution is 5.81. The first-order valence-corrected chi connectivity index (χ1v) is 19.5. The number of aliphatic hydroxyl groups excluding tert-OH is 4. The molecule has 0 bridgehead atoms. The Bertz CT molecular complexity index is 1590. The van der Waals surface area contributed by atoms with E-state index in [1.807, 2.05) is 49.3 Å². The largest absolute Gasteiger partial charge is 0.493 e. The average Bonchev–Trinajstić information content (AvgIpc) is 3.20. The smallest absolute Gasteiger partial charge is 0.338 e. The summed E-state index contributed by atoms with van der Waals surface area (Å²) in [6, 6.07) is 12.9. The summed E-state index contributed by atoms with van der Waals surface area (Å²) in [7, 11) is 8.48. The molecule has 0 saturated carbocycles. The molecule has 10 atom stereocenters. The predicted molar refractivity (Wildman–Crippen MR) is 209 cm³/mol. The Hall–Kier alpha value is -3.62. The summed E-state index contributed by atoms with van der Waals surface area (Å²) in [5, 5.41) is 44.0. The van der Waals surface area contributed by atoms with Crippen LogP contribution in [0.5, 0.6) is 11.5 Å². The van der Waals surface area contributed by atoms with E-state index in [1.165, 1.54) is 4.90 Å². The quantitative estimate of drug-likeness (QED) is 0.110. The summed E-state index contributed by atoms with van der Waals surface area (Å²) >= 11 is 0. The Morgan fingerprint density at radius 1 is 0.724 bits per heavy atom. The second-order valence-electron chi connectivity index (χ2n) is 15.1. The van der Waals surface area contributed by atoms with E-state index in [2.05, 4.69) is 0 Å².